The Bertz CT molecular complexity index is 654. The summed E-state index contributed by atoms with van der Waals surface area (Å²) in [4.78, 5) is 0. The van der Waals surface area contributed by atoms with Gasteiger partial charge in [0.2, 0.25) is 0 Å². The number of ether oxygens (including phenoxy) is 2. The second kappa shape index (κ2) is 11.8. The van der Waals surface area contributed by atoms with Crippen molar-refractivity contribution >= 4 is 0 Å². The minimum atomic E-state index is 0.712. The molecule has 0 aromatic heterocycles. The van der Waals surface area contributed by atoms with Crippen molar-refractivity contribution in [1.82, 2.24) is 0 Å². The van der Waals surface area contributed by atoms with Gasteiger partial charge in [0, 0.05) is 0 Å². The Labute approximate surface area is 171 Å². The van der Waals surface area contributed by atoms with Gasteiger partial charge in [0.15, 0.2) is 0 Å². The monoisotopic (exact) mass is 379 g/mol. The fourth-order valence-electron chi connectivity index (χ4n) is 3.76. The highest BCUT2D eigenvalue weighted by molar-refractivity contribution is 5.64. The van der Waals surface area contributed by atoms with Crippen LogP contribution in [0.15, 0.2) is 48.5 Å². The molecule has 1 radical (unpaired) electrons. The number of hydrogen-bond donors (Lipinski definition) is 0. The molecule has 0 saturated heterocycles. The second-order valence-electron chi connectivity index (χ2n) is 7.93. The molecule has 0 N–H and O–H groups in total. The molecular weight excluding hydrogens is 344 g/mol. The lowest BCUT2D eigenvalue weighted by atomic mass is 9.90. The summed E-state index contributed by atoms with van der Waals surface area (Å²) in [5, 5.41) is 0. The summed E-state index contributed by atoms with van der Waals surface area (Å²) in [5.41, 5.74) is 2.43. The first-order chi connectivity index (χ1) is 13.8. The Morgan fingerprint density at radius 2 is 1.29 bits per heavy atom. The first kappa shape index (κ1) is 20.8. The highest BCUT2D eigenvalue weighted by Gasteiger charge is 2.14. The Kier molecular flexibility index (Phi) is 8.74. The van der Waals surface area contributed by atoms with Gasteiger partial charge in [-0.1, -0.05) is 56.9 Å². The first-order valence-corrected chi connectivity index (χ1v) is 11.1. The third kappa shape index (κ3) is 6.89. The van der Waals surface area contributed by atoms with Gasteiger partial charge in [-0.3, -0.25) is 0 Å². The van der Waals surface area contributed by atoms with Crippen molar-refractivity contribution in [2.24, 2.45) is 5.92 Å². The average molecular weight is 380 g/mol. The largest absolute Gasteiger partial charge is 0.494 e. The molecule has 2 nitrogen and oxygen atoms in total. The van der Waals surface area contributed by atoms with Gasteiger partial charge in [-0.15, -0.1) is 0 Å². The van der Waals surface area contributed by atoms with Gasteiger partial charge >= 0.3 is 0 Å². The predicted octanol–water partition coefficient (Wildman–Crippen LogP) is 7.48. The molecule has 0 bridgehead atoms. The molecule has 0 aliphatic heterocycles. The van der Waals surface area contributed by atoms with Crippen LogP contribution in [0.1, 0.15) is 64.7 Å². The lowest BCUT2D eigenvalue weighted by molar-refractivity contribution is 0.221. The van der Waals surface area contributed by atoms with Crippen molar-refractivity contribution in [1.29, 1.82) is 0 Å². The third-order valence-corrected chi connectivity index (χ3v) is 5.60. The fraction of sp³-hybridized carbons (Fsp3) is 0.500. The van der Waals surface area contributed by atoms with E-state index >= 15 is 0 Å². The van der Waals surface area contributed by atoms with Gasteiger partial charge in [-0.2, -0.15) is 0 Å². The van der Waals surface area contributed by atoms with Crippen LogP contribution in [0.2, 0.25) is 0 Å². The Balaban J connectivity index is 1.43. The summed E-state index contributed by atoms with van der Waals surface area (Å²) in [6.07, 6.45) is 13.8. The number of unbranched alkanes of at least 4 members (excludes halogenated alkanes) is 4. The molecule has 2 aromatic rings. The summed E-state index contributed by atoms with van der Waals surface area (Å²) in [6.45, 7) is 3.90. The molecule has 28 heavy (non-hydrogen) atoms. The smallest absolute Gasteiger partial charge is 0.119 e. The standard InChI is InChI=1S/C26H35O2/c1-2-3-4-5-9-20-27-25-16-12-23(13-17-25)24-14-18-26(19-15-24)28-21-22-10-7-6-8-11-22/h6,12-19,22H,2-5,7-11,20-21H2,1H3. The van der Waals surface area contributed by atoms with E-state index in [4.69, 9.17) is 9.47 Å². The highest BCUT2D eigenvalue weighted by atomic mass is 16.5. The molecule has 0 amide bonds. The Hall–Kier alpha value is -1.96. The molecule has 2 aromatic carbocycles. The quantitative estimate of drug-likeness (QED) is 0.377. The number of benzene rings is 2. The number of hydrogen-bond acceptors (Lipinski definition) is 2. The van der Waals surface area contributed by atoms with Crippen molar-refractivity contribution in [2.75, 3.05) is 13.2 Å². The molecule has 0 heterocycles. The molecule has 1 aliphatic rings. The van der Waals surface area contributed by atoms with Crippen molar-refractivity contribution in [2.45, 2.75) is 64.7 Å². The predicted molar refractivity (Wildman–Crippen MR) is 118 cm³/mol. The number of rotatable bonds is 11. The van der Waals surface area contributed by atoms with E-state index in [0.29, 0.717) is 5.92 Å². The van der Waals surface area contributed by atoms with Crippen LogP contribution in [0, 0.1) is 12.3 Å². The normalized spacial score (nSPS) is 14.8. The minimum absolute atomic E-state index is 0.712. The van der Waals surface area contributed by atoms with Crippen LogP contribution in [0.25, 0.3) is 11.1 Å². The van der Waals surface area contributed by atoms with Crippen LogP contribution < -0.4 is 9.47 Å². The van der Waals surface area contributed by atoms with Crippen LogP contribution in [-0.4, -0.2) is 13.2 Å². The van der Waals surface area contributed by atoms with Gasteiger partial charge in [-0.05, 0) is 79.8 Å². The zero-order chi connectivity index (χ0) is 19.4. The zero-order valence-corrected chi connectivity index (χ0v) is 17.4. The average Bonchev–Trinajstić information content (AvgIpc) is 2.76. The molecule has 0 atom stereocenters. The van der Waals surface area contributed by atoms with Crippen LogP contribution in [0.5, 0.6) is 11.5 Å². The molecule has 0 spiro atoms. The van der Waals surface area contributed by atoms with Gasteiger partial charge in [0.05, 0.1) is 13.2 Å². The van der Waals surface area contributed by atoms with Gasteiger partial charge in [-0.25, -0.2) is 0 Å². The minimum Gasteiger partial charge on any atom is -0.494 e. The van der Waals surface area contributed by atoms with E-state index in [2.05, 4.69) is 61.9 Å². The SMILES string of the molecule is CCCCCCCOc1ccc(-c2ccc(OCC3CC[CH]CC3)cc2)cc1. The zero-order valence-electron chi connectivity index (χ0n) is 17.4. The van der Waals surface area contributed by atoms with Crippen molar-refractivity contribution in [3.05, 3.63) is 55.0 Å². The Morgan fingerprint density at radius 1 is 0.714 bits per heavy atom. The van der Waals surface area contributed by atoms with E-state index in [0.717, 1.165) is 31.1 Å². The maximum absolute atomic E-state index is 6.00. The van der Waals surface area contributed by atoms with Crippen molar-refractivity contribution in [3.8, 4) is 22.6 Å². The molecule has 151 valence electrons. The summed E-state index contributed by atoms with van der Waals surface area (Å²) < 4.78 is 11.9. The lowest BCUT2D eigenvalue weighted by Gasteiger charge is -2.21. The topological polar surface area (TPSA) is 18.5 Å². The van der Waals surface area contributed by atoms with Crippen LogP contribution in [0.4, 0.5) is 0 Å². The summed E-state index contributed by atoms with van der Waals surface area (Å²) in [6, 6.07) is 16.9. The highest BCUT2D eigenvalue weighted by Crippen LogP contribution is 2.27. The van der Waals surface area contributed by atoms with Crippen LogP contribution >= 0.6 is 0 Å². The van der Waals surface area contributed by atoms with Crippen molar-refractivity contribution < 1.29 is 9.47 Å². The molecule has 2 heteroatoms. The van der Waals surface area contributed by atoms with Crippen LogP contribution in [-0.2, 0) is 0 Å². The molecular formula is C26H35O2. The molecule has 1 fully saturated rings. The first-order valence-electron chi connectivity index (χ1n) is 11.1. The van der Waals surface area contributed by atoms with Crippen molar-refractivity contribution in [3.63, 3.8) is 0 Å². The van der Waals surface area contributed by atoms with E-state index in [-0.39, 0.29) is 0 Å². The summed E-state index contributed by atoms with van der Waals surface area (Å²) in [7, 11) is 0. The van der Waals surface area contributed by atoms with E-state index in [1.807, 2.05) is 0 Å². The Morgan fingerprint density at radius 3 is 1.89 bits per heavy atom. The second-order valence-corrected chi connectivity index (χ2v) is 7.93. The molecule has 1 aliphatic carbocycles. The van der Waals surface area contributed by atoms with E-state index < -0.39 is 0 Å². The maximum atomic E-state index is 6.00. The van der Waals surface area contributed by atoms with Gasteiger partial charge < -0.3 is 9.47 Å². The summed E-state index contributed by atoms with van der Waals surface area (Å²) >= 11 is 0. The third-order valence-electron chi connectivity index (χ3n) is 5.60. The summed E-state index contributed by atoms with van der Waals surface area (Å²) in [5.74, 6) is 2.65. The fourth-order valence-corrected chi connectivity index (χ4v) is 3.76. The lowest BCUT2D eigenvalue weighted by Crippen LogP contribution is -2.15. The van der Waals surface area contributed by atoms with Crippen LogP contribution in [0.3, 0.4) is 0 Å². The van der Waals surface area contributed by atoms with Gasteiger partial charge in [0.1, 0.15) is 11.5 Å². The molecule has 0 unspecified atom stereocenters. The van der Waals surface area contributed by atoms with E-state index in [1.54, 1.807) is 0 Å². The maximum Gasteiger partial charge on any atom is 0.119 e. The van der Waals surface area contributed by atoms with E-state index in [9.17, 15) is 0 Å². The van der Waals surface area contributed by atoms with Gasteiger partial charge in [0.25, 0.3) is 0 Å². The molecule has 1 saturated carbocycles. The van der Waals surface area contributed by atoms with E-state index in [1.165, 1.54) is 62.5 Å². The molecule has 3 rings (SSSR count).